The van der Waals surface area contributed by atoms with Crippen LogP contribution in [0, 0.1) is 5.82 Å². The predicted molar refractivity (Wildman–Crippen MR) is 125 cm³/mol. The van der Waals surface area contributed by atoms with Crippen LogP contribution in [-0.2, 0) is 26.2 Å². The summed E-state index contributed by atoms with van der Waals surface area (Å²) in [6, 6.07) is 13.4. The number of sulfonamides is 1. The fraction of sp³-hybridized carbons (Fsp3) is 0.417. The molecule has 0 unspecified atom stereocenters. The monoisotopic (exact) mass is 477 g/mol. The summed E-state index contributed by atoms with van der Waals surface area (Å²) < 4.78 is 40.7. The van der Waals surface area contributed by atoms with Gasteiger partial charge in [0.1, 0.15) is 11.9 Å². The van der Waals surface area contributed by atoms with Crippen LogP contribution in [0.1, 0.15) is 38.7 Å². The highest BCUT2D eigenvalue weighted by molar-refractivity contribution is 7.89. The molecule has 9 heteroatoms. The number of rotatable bonds is 12. The molecule has 0 heterocycles. The fourth-order valence-electron chi connectivity index (χ4n) is 3.28. The molecule has 0 fully saturated rings. The van der Waals surface area contributed by atoms with Gasteiger partial charge in [-0.1, -0.05) is 43.3 Å². The van der Waals surface area contributed by atoms with Gasteiger partial charge < -0.3 is 10.2 Å². The number of carbonyl (C=O) groups is 2. The molecule has 2 aromatic rings. The molecule has 33 heavy (non-hydrogen) atoms. The molecule has 0 saturated carbocycles. The number of hydrogen-bond donors (Lipinski definition) is 1. The van der Waals surface area contributed by atoms with Crippen LogP contribution in [0.5, 0.6) is 0 Å². The third kappa shape index (κ3) is 7.36. The Morgan fingerprint density at radius 3 is 2.33 bits per heavy atom. The third-order valence-corrected chi connectivity index (χ3v) is 7.20. The summed E-state index contributed by atoms with van der Waals surface area (Å²) in [5.74, 6) is -1.11. The molecule has 2 amide bonds. The largest absolute Gasteiger partial charge is 0.354 e. The molecular formula is C24H32FN3O4S. The molecule has 0 aliphatic carbocycles. The van der Waals surface area contributed by atoms with E-state index in [1.165, 1.54) is 34.5 Å². The van der Waals surface area contributed by atoms with E-state index in [-0.39, 0.29) is 42.6 Å². The van der Waals surface area contributed by atoms with Crippen molar-refractivity contribution in [2.45, 2.75) is 50.6 Å². The lowest BCUT2D eigenvalue weighted by atomic mass is 10.1. The average molecular weight is 478 g/mol. The van der Waals surface area contributed by atoms with Gasteiger partial charge in [-0.3, -0.25) is 9.59 Å². The molecule has 0 spiro atoms. The number of amides is 2. The van der Waals surface area contributed by atoms with Gasteiger partial charge in [0.05, 0.1) is 4.90 Å². The molecule has 0 aliphatic heterocycles. The zero-order valence-electron chi connectivity index (χ0n) is 19.3. The van der Waals surface area contributed by atoms with Crippen molar-refractivity contribution in [3.63, 3.8) is 0 Å². The van der Waals surface area contributed by atoms with E-state index in [9.17, 15) is 22.4 Å². The predicted octanol–water partition coefficient (Wildman–Crippen LogP) is 3.17. The SMILES string of the molecule is CCCNC(=O)[C@H](C)N(Cc1ccccc1F)C(=O)CCCN(C)S(=O)(=O)c1ccccc1. The molecular weight excluding hydrogens is 445 g/mol. The maximum Gasteiger partial charge on any atom is 0.242 e. The number of benzene rings is 2. The van der Waals surface area contributed by atoms with Gasteiger partial charge in [-0.2, -0.15) is 0 Å². The molecule has 0 radical (unpaired) electrons. The van der Waals surface area contributed by atoms with Crippen molar-refractivity contribution in [2.75, 3.05) is 20.1 Å². The first kappa shape index (κ1) is 26.5. The van der Waals surface area contributed by atoms with Crippen LogP contribution in [0.25, 0.3) is 0 Å². The second kappa shape index (κ2) is 12.5. The Morgan fingerprint density at radius 2 is 1.70 bits per heavy atom. The van der Waals surface area contributed by atoms with Crippen molar-refractivity contribution >= 4 is 21.8 Å². The zero-order chi connectivity index (χ0) is 24.4. The smallest absolute Gasteiger partial charge is 0.242 e. The first-order valence-corrected chi connectivity index (χ1v) is 12.4. The van der Waals surface area contributed by atoms with E-state index in [0.717, 1.165) is 6.42 Å². The van der Waals surface area contributed by atoms with Crippen LogP contribution in [0.3, 0.4) is 0 Å². The molecule has 0 saturated heterocycles. The molecule has 7 nitrogen and oxygen atoms in total. The minimum atomic E-state index is -3.66. The second-order valence-electron chi connectivity index (χ2n) is 7.82. The van der Waals surface area contributed by atoms with Crippen molar-refractivity contribution in [1.29, 1.82) is 0 Å². The highest BCUT2D eigenvalue weighted by Crippen LogP contribution is 2.17. The van der Waals surface area contributed by atoms with E-state index < -0.39 is 21.9 Å². The standard InChI is InChI=1S/C24H32FN3O4S/c1-4-16-26-24(30)19(2)28(18-20-11-8-9-14-22(20)25)23(29)15-10-17-27(3)33(31,32)21-12-6-5-7-13-21/h5-9,11-14,19H,4,10,15-18H2,1-3H3,(H,26,30)/t19-/m0/s1. The molecule has 0 aliphatic rings. The summed E-state index contributed by atoms with van der Waals surface area (Å²) in [6.45, 7) is 4.09. The van der Waals surface area contributed by atoms with Gasteiger partial charge in [0.15, 0.2) is 0 Å². The molecule has 180 valence electrons. The quantitative estimate of drug-likeness (QED) is 0.509. The van der Waals surface area contributed by atoms with Gasteiger partial charge in [0.2, 0.25) is 21.8 Å². The van der Waals surface area contributed by atoms with Gasteiger partial charge in [-0.15, -0.1) is 0 Å². The van der Waals surface area contributed by atoms with Crippen LogP contribution in [0.15, 0.2) is 59.5 Å². The Morgan fingerprint density at radius 1 is 1.06 bits per heavy atom. The van der Waals surface area contributed by atoms with Crippen LogP contribution in [0.4, 0.5) is 4.39 Å². The Bertz CT molecular complexity index is 1030. The van der Waals surface area contributed by atoms with Gasteiger partial charge in [0, 0.05) is 38.7 Å². The summed E-state index contributed by atoms with van der Waals surface area (Å²) in [6.07, 6.45) is 1.04. The average Bonchev–Trinajstić information content (AvgIpc) is 2.81. The first-order valence-electron chi connectivity index (χ1n) is 11.0. The Hall–Kier alpha value is -2.78. The lowest BCUT2D eigenvalue weighted by Crippen LogP contribution is -2.48. The molecule has 2 aromatic carbocycles. The van der Waals surface area contributed by atoms with Gasteiger partial charge >= 0.3 is 0 Å². The number of nitrogens with zero attached hydrogens (tertiary/aromatic N) is 2. The summed E-state index contributed by atoms with van der Waals surface area (Å²) in [7, 11) is -2.19. The molecule has 2 rings (SSSR count). The molecule has 0 aromatic heterocycles. The van der Waals surface area contributed by atoms with Crippen molar-refractivity contribution in [3.8, 4) is 0 Å². The summed E-state index contributed by atoms with van der Waals surface area (Å²) in [4.78, 5) is 27.1. The summed E-state index contributed by atoms with van der Waals surface area (Å²) in [5.41, 5.74) is 0.310. The van der Waals surface area contributed by atoms with Gasteiger partial charge in [-0.25, -0.2) is 17.1 Å². The van der Waals surface area contributed by atoms with E-state index in [1.54, 1.807) is 43.3 Å². The maximum atomic E-state index is 14.2. The van der Waals surface area contributed by atoms with E-state index in [0.29, 0.717) is 12.1 Å². The lowest BCUT2D eigenvalue weighted by molar-refractivity contribution is -0.140. The van der Waals surface area contributed by atoms with Crippen LogP contribution in [0.2, 0.25) is 0 Å². The van der Waals surface area contributed by atoms with Crippen molar-refractivity contribution in [3.05, 3.63) is 66.0 Å². The van der Waals surface area contributed by atoms with Crippen LogP contribution in [-0.4, -0.2) is 55.6 Å². The molecule has 1 atom stereocenters. The van der Waals surface area contributed by atoms with Crippen molar-refractivity contribution in [2.24, 2.45) is 0 Å². The maximum absolute atomic E-state index is 14.2. The minimum absolute atomic E-state index is 0.0223. The summed E-state index contributed by atoms with van der Waals surface area (Å²) in [5, 5.41) is 2.77. The van der Waals surface area contributed by atoms with Crippen LogP contribution < -0.4 is 5.32 Å². The van der Waals surface area contributed by atoms with E-state index in [4.69, 9.17) is 0 Å². The molecule has 1 N–H and O–H groups in total. The lowest BCUT2D eigenvalue weighted by Gasteiger charge is -2.29. The Labute approximate surface area is 195 Å². The Kier molecular flexibility index (Phi) is 9.99. The summed E-state index contributed by atoms with van der Waals surface area (Å²) >= 11 is 0. The highest BCUT2D eigenvalue weighted by atomic mass is 32.2. The van der Waals surface area contributed by atoms with E-state index in [2.05, 4.69) is 5.32 Å². The first-order chi connectivity index (χ1) is 15.7. The van der Waals surface area contributed by atoms with Gasteiger partial charge in [0.25, 0.3) is 0 Å². The van der Waals surface area contributed by atoms with E-state index >= 15 is 0 Å². The van der Waals surface area contributed by atoms with Gasteiger partial charge in [-0.05, 0) is 38.0 Å². The normalized spacial score (nSPS) is 12.4. The topological polar surface area (TPSA) is 86.8 Å². The van der Waals surface area contributed by atoms with Crippen molar-refractivity contribution in [1.82, 2.24) is 14.5 Å². The van der Waals surface area contributed by atoms with E-state index in [1.807, 2.05) is 6.92 Å². The minimum Gasteiger partial charge on any atom is -0.354 e. The number of hydrogen-bond acceptors (Lipinski definition) is 4. The molecule has 0 bridgehead atoms. The van der Waals surface area contributed by atoms with Crippen molar-refractivity contribution < 1.29 is 22.4 Å². The van der Waals surface area contributed by atoms with Crippen LogP contribution >= 0.6 is 0 Å². The second-order valence-corrected chi connectivity index (χ2v) is 9.87. The fourth-order valence-corrected chi connectivity index (χ4v) is 4.51. The zero-order valence-corrected chi connectivity index (χ0v) is 20.1. The number of halogens is 1. The third-order valence-electron chi connectivity index (χ3n) is 5.33. The number of nitrogens with one attached hydrogen (secondary N) is 1. The number of carbonyl (C=O) groups excluding carboxylic acids is 2. The Balaban J connectivity index is 2.07. The highest BCUT2D eigenvalue weighted by Gasteiger charge is 2.27.